The lowest BCUT2D eigenvalue weighted by Gasteiger charge is -2.18. The molecule has 3 heteroatoms. The summed E-state index contributed by atoms with van der Waals surface area (Å²) in [4.78, 5) is 0. The van der Waals surface area contributed by atoms with Crippen molar-refractivity contribution in [1.29, 1.82) is 0 Å². The molecule has 1 atom stereocenters. The second-order valence-electron chi connectivity index (χ2n) is 7.04. The van der Waals surface area contributed by atoms with Crippen molar-refractivity contribution in [2.24, 2.45) is 0 Å². The summed E-state index contributed by atoms with van der Waals surface area (Å²) in [5, 5.41) is 7.10. The van der Waals surface area contributed by atoms with E-state index < -0.39 is 0 Å². The average Bonchev–Trinajstić information content (AvgIpc) is 2.72. The fraction of sp³-hybridized carbons (Fsp3) is 0.500. The third-order valence-electron chi connectivity index (χ3n) is 4.83. The van der Waals surface area contributed by atoms with Gasteiger partial charge in [-0.1, -0.05) is 69.9 Å². The first kappa shape index (κ1) is 21.3. The molecule has 0 aliphatic heterocycles. The normalized spacial score (nSPS) is 11.9. The minimum absolute atomic E-state index is 0.418. The Morgan fingerprint density at radius 2 is 1.56 bits per heavy atom. The van der Waals surface area contributed by atoms with Crippen LogP contribution in [0.4, 0.5) is 5.69 Å². The first-order valence-electron chi connectivity index (χ1n) is 10.6. The number of nitrogens with one attached hydrogen (secondary N) is 2. The van der Waals surface area contributed by atoms with Crippen molar-refractivity contribution >= 4 is 5.69 Å². The van der Waals surface area contributed by atoms with Gasteiger partial charge in [0.25, 0.3) is 0 Å². The molecule has 2 rings (SSSR count). The minimum Gasteiger partial charge on any atom is -0.494 e. The topological polar surface area (TPSA) is 33.3 Å². The smallest absolute Gasteiger partial charge is 0.119 e. The van der Waals surface area contributed by atoms with Crippen LogP contribution in [0.3, 0.4) is 0 Å². The Hall–Kier alpha value is -2.00. The second-order valence-corrected chi connectivity index (χ2v) is 7.04. The summed E-state index contributed by atoms with van der Waals surface area (Å²) in [5.74, 6) is 0.962. The van der Waals surface area contributed by atoms with E-state index in [4.69, 9.17) is 4.74 Å². The van der Waals surface area contributed by atoms with Crippen molar-refractivity contribution in [2.45, 2.75) is 58.4 Å². The van der Waals surface area contributed by atoms with Crippen LogP contribution in [-0.2, 0) is 0 Å². The molecule has 0 amide bonds. The lowest BCUT2D eigenvalue weighted by Crippen LogP contribution is -2.26. The lowest BCUT2D eigenvalue weighted by molar-refractivity contribution is 0.304. The maximum Gasteiger partial charge on any atom is 0.119 e. The average molecular weight is 369 g/mol. The zero-order valence-corrected chi connectivity index (χ0v) is 17.0. The number of hydrogen-bond donors (Lipinski definition) is 2. The maximum atomic E-state index is 5.82. The van der Waals surface area contributed by atoms with Crippen LogP contribution in [0, 0.1) is 0 Å². The fourth-order valence-corrected chi connectivity index (χ4v) is 3.20. The number of hydrogen-bond acceptors (Lipinski definition) is 3. The standard InChI is InChI=1S/C24H36N2O/c1-3-5-6-7-11-20-27-23-16-14-22(15-17-23)25-18-19-26-24(4-2)21-12-9-8-10-13-21/h8-10,12-17,24-26H,3-7,11,18-20H2,1-2H3. The number of rotatable bonds is 14. The van der Waals surface area contributed by atoms with Gasteiger partial charge < -0.3 is 15.4 Å². The van der Waals surface area contributed by atoms with Crippen LogP contribution in [0.15, 0.2) is 54.6 Å². The molecular formula is C24H36N2O. The summed E-state index contributed by atoms with van der Waals surface area (Å²) < 4.78 is 5.82. The lowest BCUT2D eigenvalue weighted by atomic mass is 10.0. The molecule has 27 heavy (non-hydrogen) atoms. The highest BCUT2D eigenvalue weighted by atomic mass is 16.5. The SMILES string of the molecule is CCCCCCCOc1ccc(NCCNC(CC)c2ccccc2)cc1. The minimum atomic E-state index is 0.418. The molecule has 0 saturated heterocycles. The molecule has 0 aliphatic rings. The van der Waals surface area contributed by atoms with Crippen LogP contribution in [0.2, 0.25) is 0 Å². The Labute approximate surface area is 165 Å². The summed E-state index contributed by atoms with van der Waals surface area (Å²) >= 11 is 0. The number of unbranched alkanes of at least 4 members (excludes halogenated alkanes) is 4. The monoisotopic (exact) mass is 368 g/mol. The molecule has 2 aromatic rings. The van der Waals surface area contributed by atoms with Gasteiger partial charge in [-0.05, 0) is 42.7 Å². The van der Waals surface area contributed by atoms with E-state index in [1.54, 1.807) is 0 Å². The van der Waals surface area contributed by atoms with Crippen molar-refractivity contribution in [2.75, 3.05) is 25.0 Å². The van der Waals surface area contributed by atoms with Gasteiger partial charge in [0.2, 0.25) is 0 Å². The summed E-state index contributed by atoms with van der Waals surface area (Å²) in [5.41, 5.74) is 2.50. The first-order chi connectivity index (χ1) is 13.3. The predicted molar refractivity (Wildman–Crippen MR) is 117 cm³/mol. The Morgan fingerprint density at radius 3 is 2.26 bits per heavy atom. The van der Waals surface area contributed by atoms with Gasteiger partial charge in [-0.15, -0.1) is 0 Å². The van der Waals surface area contributed by atoms with Crippen LogP contribution in [-0.4, -0.2) is 19.7 Å². The van der Waals surface area contributed by atoms with Crippen molar-refractivity contribution in [3.63, 3.8) is 0 Å². The molecule has 0 spiro atoms. The predicted octanol–water partition coefficient (Wildman–Crippen LogP) is 6.19. The molecule has 2 aromatic carbocycles. The molecule has 0 heterocycles. The molecule has 0 radical (unpaired) electrons. The number of benzene rings is 2. The van der Waals surface area contributed by atoms with E-state index in [1.807, 2.05) is 0 Å². The van der Waals surface area contributed by atoms with E-state index in [-0.39, 0.29) is 0 Å². The van der Waals surface area contributed by atoms with E-state index in [0.717, 1.165) is 44.0 Å². The number of anilines is 1. The van der Waals surface area contributed by atoms with Gasteiger partial charge in [0.05, 0.1) is 6.61 Å². The molecule has 0 aliphatic carbocycles. The zero-order valence-electron chi connectivity index (χ0n) is 17.0. The summed E-state index contributed by atoms with van der Waals surface area (Å²) in [6.45, 7) is 7.12. The van der Waals surface area contributed by atoms with Gasteiger partial charge in [0.15, 0.2) is 0 Å². The summed E-state index contributed by atoms with van der Waals surface area (Å²) in [7, 11) is 0. The third kappa shape index (κ3) is 8.49. The first-order valence-corrected chi connectivity index (χ1v) is 10.6. The Bertz CT molecular complexity index is 598. The van der Waals surface area contributed by atoms with Crippen LogP contribution in [0.1, 0.15) is 64.0 Å². The van der Waals surface area contributed by atoms with Gasteiger partial charge in [0, 0.05) is 24.8 Å². The highest BCUT2D eigenvalue weighted by molar-refractivity contribution is 5.46. The Morgan fingerprint density at radius 1 is 0.815 bits per heavy atom. The fourth-order valence-electron chi connectivity index (χ4n) is 3.20. The Kier molecular flexibility index (Phi) is 10.4. The third-order valence-corrected chi connectivity index (χ3v) is 4.83. The van der Waals surface area contributed by atoms with Crippen LogP contribution >= 0.6 is 0 Å². The van der Waals surface area contributed by atoms with E-state index >= 15 is 0 Å². The van der Waals surface area contributed by atoms with Gasteiger partial charge >= 0.3 is 0 Å². The van der Waals surface area contributed by atoms with Crippen molar-refractivity contribution in [3.8, 4) is 5.75 Å². The van der Waals surface area contributed by atoms with Gasteiger partial charge in [-0.25, -0.2) is 0 Å². The largest absolute Gasteiger partial charge is 0.494 e. The number of ether oxygens (including phenoxy) is 1. The zero-order chi connectivity index (χ0) is 19.2. The molecule has 0 saturated carbocycles. The van der Waals surface area contributed by atoms with Crippen molar-refractivity contribution in [3.05, 3.63) is 60.2 Å². The van der Waals surface area contributed by atoms with E-state index in [9.17, 15) is 0 Å². The van der Waals surface area contributed by atoms with Crippen LogP contribution in [0.25, 0.3) is 0 Å². The molecule has 148 valence electrons. The van der Waals surface area contributed by atoms with Crippen LogP contribution in [0.5, 0.6) is 5.75 Å². The van der Waals surface area contributed by atoms with Gasteiger partial charge in [-0.3, -0.25) is 0 Å². The molecule has 2 N–H and O–H groups in total. The highest BCUT2D eigenvalue weighted by Crippen LogP contribution is 2.17. The van der Waals surface area contributed by atoms with E-state index in [0.29, 0.717) is 6.04 Å². The maximum absolute atomic E-state index is 5.82. The molecule has 3 nitrogen and oxygen atoms in total. The molecular weight excluding hydrogens is 332 g/mol. The molecule has 1 unspecified atom stereocenters. The second kappa shape index (κ2) is 13.2. The van der Waals surface area contributed by atoms with Crippen LogP contribution < -0.4 is 15.4 Å². The molecule has 0 bridgehead atoms. The van der Waals surface area contributed by atoms with E-state index in [2.05, 4.69) is 79.1 Å². The summed E-state index contributed by atoms with van der Waals surface area (Å²) in [6.07, 6.45) is 7.44. The van der Waals surface area contributed by atoms with Crippen molar-refractivity contribution < 1.29 is 4.74 Å². The van der Waals surface area contributed by atoms with Gasteiger partial charge in [0.1, 0.15) is 5.75 Å². The van der Waals surface area contributed by atoms with Crippen molar-refractivity contribution in [1.82, 2.24) is 5.32 Å². The summed E-state index contributed by atoms with van der Waals surface area (Å²) in [6, 6.07) is 19.4. The molecule has 0 aromatic heterocycles. The quantitative estimate of drug-likeness (QED) is 0.390. The van der Waals surface area contributed by atoms with Gasteiger partial charge in [-0.2, -0.15) is 0 Å². The Balaban J connectivity index is 1.62. The molecule has 0 fully saturated rings. The van der Waals surface area contributed by atoms with E-state index in [1.165, 1.54) is 31.2 Å². The highest BCUT2D eigenvalue weighted by Gasteiger charge is 2.06.